The van der Waals surface area contributed by atoms with Gasteiger partial charge in [-0.2, -0.15) is 0 Å². The zero-order valence-corrected chi connectivity index (χ0v) is 18.2. The highest BCUT2D eigenvalue weighted by atomic mass is 16.6. The van der Waals surface area contributed by atoms with Crippen molar-refractivity contribution in [2.75, 3.05) is 13.2 Å². The van der Waals surface area contributed by atoms with Gasteiger partial charge in [0.15, 0.2) is 12.1 Å². The molecule has 2 saturated heterocycles. The summed E-state index contributed by atoms with van der Waals surface area (Å²) in [6, 6.07) is 0. The predicted molar refractivity (Wildman–Crippen MR) is 104 cm³/mol. The van der Waals surface area contributed by atoms with Crippen LogP contribution < -0.4 is 0 Å². The van der Waals surface area contributed by atoms with Gasteiger partial charge in [0.2, 0.25) is 0 Å². The van der Waals surface area contributed by atoms with Crippen molar-refractivity contribution in [2.45, 2.75) is 72.2 Å². The average molecular weight is 421 g/mol. The van der Waals surface area contributed by atoms with Crippen molar-refractivity contribution in [1.29, 1.82) is 0 Å². The number of carbonyl (C=O) groups is 3. The Bertz CT molecular complexity index is 824. The molecule has 0 aromatic carbocycles. The zero-order chi connectivity index (χ0) is 21.7. The first-order valence-electron chi connectivity index (χ1n) is 11.2. The second-order valence-electron chi connectivity index (χ2n) is 10.9. The van der Waals surface area contributed by atoms with Gasteiger partial charge in [0.05, 0.1) is 13.2 Å². The topological polar surface area (TPSA) is 99.1 Å². The molecular weight excluding hydrogens is 388 g/mol. The first-order valence-corrected chi connectivity index (χ1v) is 11.2. The van der Waals surface area contributed by atoms with E-state index in [1.54, 1.807) is 0 Å². The van der Waals surface area contributed by atoms with Crippen LogP contribution in [-0.2, 0) is 28.6 Å². The molecule has 0 aromatic heterocycles. The maximum Gasteiger partial charge on any atom is 0.320 e. The number of Topliss-reactive ketones (excluding diaryl/α,β-unsaturated/α-hetero) is 1. The van der Waals surface area contributed by atoms with E-state index in [0.29, 0.717) is 19.3 Å². The Morgan fingerprint density at radius 3 is 2.67 bits per heavy atom. The normalized spacial score (nSPS) is 54.1. The summed E-state index contributed by atoms with van der Waals surface area (Å²) in [6.07, 6.45) is 1.93. The van der Waals surface area contributed by atoms with Gasteiger partial charge in [0, 0.05) is 29.1 Å². The first kappa shape index (κ1) is 20.4. The number of hydrogen-bond acceptors (Lipinski definition) is 7. The van der Waals surface area contributed by atoms with E-state index in [2.05, 4.69) is 0 Å². The summed E-state index contributed by atoms with van der Waals surface area (Å²) < 4.78 is 17.5. The summed E-state index contributed by atoms with van der Waals surface area (Å²) in [6.45, 7) is 7.74. The second kappa shape index (κ2) is 6.06. The van der Waals surface area contributed by atoms with Gasteiger partial charge < -0.3 is 19.3 Å². The minimum absolute atomic E-state index is 0.00354. The van der Waals surface area contributed by atoms with E-state index in [-0.39, 0.29) is 48.7 Å². The van der Waals surface area contributed by atoms with Crippen molar-refractivity contribution >= 4 is 17.7 Å². The summed E-state index contributed by atoms with van der Waals surface area (Å²) in [5.41, 5.74) is -3.21. The molecule has 30 heavy (non-hydrogen) atoms. The third kappa shape index (κ3) is 2.02. The Kier molecular flexibility index (Phi) is 4.13. The Morgan fingerprint density at radius 2 is 1.97 bits per heavy atom. The number of fused-ring (bicyclic) bond motifs is 1. The molecule has 0 radical (unpaired) electrons. The fraction of sp³-hybridized carbons (Fsp3) is 0.870. The number of aliphatic hydroxyl groups is 1. The molecule has 2 spiro atoms. The molecule has 0 unspecified atom stereocenters. The van der Waals surface area contributed by atoms with Crippen LogP contribution in [-0.4, -0.2) is 48.4 Å². The van der Waals surface area contributed by atoms with Crippen LogP contribution in [0.3, 0.4) is 0 Å². The van der Waals surface area contributed by atoms with Crippen molar-refractivity contribution in [3.63, 3.8) is 0 Å². The Balaban J connectivity index is 1.67. The lowest BCUT2D eigenvalue weighted by Crippen LogP contribution is -2.72. The number of rotatable bonds is 2. The standard InChI is InChI=1S/C23H32O7/c1-12-14-5-6-15-22(9-14,17(12)25)19(27)30-16-7-8-20(3,10-28-13(2)24)21(4)18(26)29-11-23(15,16)21/h12,14-16,18,26H,5-11H2,1-4H3/t12-,14-,15-,16+,18-,20+,21-,22+,23-/m1/s1. The van der Waals surface area contributed by atoms with Crippen molar-refractivity contribution in [3.8, 4) is 0 Å². The molecule has 5 rings (SSSR count). The Labute approximate surface area is 176 Å². The van der Waals surface area contributed by atoms with Gasteiger partial charge in [-0.15, -0.1) is 0 Å². The quantitative estimate of drug-likeness (QED) is 0.540. The fourth-order valence-corrected chi connectivity index (χ4v) is 8.21. The number of ether oxygens (including phenoxy) is 3. The largest absolute Gasteiger partial charge is 0.465 e. The van der Waals surface area contributed by atoms with Crippen LogP contribution in [0.4, 0.5) is 0 Å². The van der Waals surface area contributed by atoms with E-state index in [1.807, 2.05) is 20.8 Å². The molecule has 2 bridgehead atoms. The molecule has 2 aliphatic heterocycles. The van der Waals surface area contributed by atoms with Gasteiger partial charge in [-0.1, -0.05) is 20.8 Å². The van der Waals surface area contributed by atoms with Gasteiger partial charge in [0.25, 0.3) is 0 Å². The van der Waals surface area contributed by atoms with E-state index in [0.717, 1.165) is 12.8 Å². The number of carbonyl (C=O) groups excluding carboxylic acids is 3. The molecule has 5 aliphatic rings. The third-order valence-corrected chi connectivity index (χ3v) is 10.1. The van der Waals surface area contributed by atoms with E-state index in [9.17, 15) is 19.5 Å². The SMILES string of the molecule is CC(=O)OC[C@]1(C)CC[C@@H]2OC(=O)[C@@]34C[C@@H](CC[C@H]3[C@]23CO[C@@H](O)[C@]13C)[C@@H](C)C4=O. The minimum Gasteiger partial charge on any atom is -0.465 e. The van der Waals surface area contributed by atoms with Gasteiger partial charge in [-0.05, 0) is 43.9 Å². The van der Waals surface area contributed by atoms with Crippen molar-refractivity contribution in [1.82, 2.24) is 0 Å². The Morgan fingerprint density at radius 1 is 1.23 bits per heavy atom. The highest BCUT2D eigenvalue weighted by molar-refractivity contribution is 6.07. The number of aliphatic hydroxyl groups excluding tert-OH is 1. The van der Waals surface area contributed by atoms with Gasteiger partial charge in [0.1, 0.15) is 11.5 Å². The first-order chi connectivity index (χ1) is 14.0. The predicted octanol–water partition coefficient (Wildman–Crippen LogP) is 2.24. The van der Waals surface area contributed by atoms with Crippen LogP contribution in [0, 0.1) is 39.4 Å². The minimum atomic E-state index is -1.13. The van der Waals surface area contributed by atoms with Crippen LogP contribution in [0.2, 0.25) is 0 Å². The van der Waals surface area contributed by atoms with Crippen molar-refractivity contribution in [3.05, 3.63) is 0 Å². The summed E-state index contributed by atoms with van der Waals surface area (Å²) in [5, 5.41) is 11.2. The van der Waals surface area contributed by atoms with Crippen LogP contribution in [0.15, 0.2) is 0 Å². The molecule has 7 nitrogen and oxygen atoms in total. The number of esters is 2. The smallest absolute Gasteiger partial charge is 0.320 e. The van der Waals surface area contributed by atoms with E-state index >= 15 is 0 Å². The van der Waals surface area contributed by atoms with Gasteiger partial charge in [-0.3, -0.25) is 14.4 Å². The van der Waals surface area contributed by atoms with E-state index in [4.69, 9.17) is 14.2 Å². The van der Waals surface area contributed by atoms with Crippen LogP contribution >= 0.6 is 0 Å². The summed E-state index contributed by atoms with van der Waals surface area (Å²) >= 11 is 0. The summed E-state index contributed by atoms with van der Waals surface area (Å²) in [7, 11) is 0. The lowest BCUT2D eigenvalue weighted by atomic mass is 9.38. The van der Waals surface area contributed by atoms with Crippen molar-refractivity contribution in [2.24, 2.45) is 39.4 Å². The fourth-order valence-electron chi connectivity index (χ4n) is 8.21. The third-order valence-electron chi connectivity index (χ3n) is 10.1. The lowest BCUT2D eigenvalue weighted by molar-refractivity contribution is -0.275. The molecule has 7 heteroatoms. The maximum atomic E-state index is 13.5. The number of ketones is 1. The van der Waals surface area contributed by atoms with Gasteiger partial charge in [-0.25, -0.2) is 0 Å². The average Bonchev–Trinajstić information content (AvgIpc) is 3.09. The molecule has 0 aromatic rings. The number of hydrogen-bond donors (Lipinski definition) is 1. The van der Waals surface area contributed by atoms with Gasteiger partial charge >= 0.3 is 11.9 Å². The lowest BCUT2D eigenvalue weighted by Gasteiger charge is -2.66. The molecule has 0 amide bonds. The molecule has 1 N–H and O–H groups in total. The van der Waals surface area contributed by atoms with Crippen LogP contribution in [0.5, 0.6) is 0 Å². The van der Waals surface area contributed by atoms with Crippen LogP contribution in [0.1, 0.15) is 59.8 Å². The zero-order valence-electron chi connectivity index (χ0n) is 18.2. The molecule has 5 fully saturated rings. The van der Waals surface area contributed by atoms with E-state index in [1.165, 1.54) is 6.92 Å². The highest BCUT2D eigenvalue weighted by Crippen LogP contribution is 2.75. The van der Waals surface area contributed by atoms with E-state index < -0.39 is 34.1 Å². The summed E-state index contributed by atoms with van der Waals surface area (Å²) in [5.74, 6) is -0.896. The Hall–Kier alpha value is -1.47. The van der Waals surface area contributed by atoms with Crippen molar-refractivity contribution < 1.29 is 33.7 Å². The molecule has 3 aliphatic carbocycles. The summed E-state index contributed by atoms with van der Waals surface area (Å²) in [4.78, 5) is 38.5. The maximum absolute atomic E-state index is 13.5. The molecule has 9 atom stereocenters. The molecule has 2 heterocycles. The molecule has 3 saturated carbocycles. The molecule has 166 valence electrons. The highest BCUT2D eigenvalue weighted by Gasteiger charge is 2.81. The molecular formula is C23H32O7. The second-order valence-corrected chi connectivity index (χ2v) is 10.9. The van der Waals surface area contributed by atoms with Crippen LogP contribution in [0.25, 0.3) is 0 Å². The monoisotopic (exact) mass is 420 g/mol.